The summed E-state index contributed by atoms with van der Waals surface area (Å²) in [6, 6.07) is 16.9. The maximum absolute atomic E-state index is 13.0. The third-order valence-corrected chi connectivity index (χ3v) is 5.17. The molecule has 3 aromatic carbocycles. The summed E-state index contributed by atoms with van der Waals surface area (Å²) >= 11 is 0. The number of aliphatic imine (C=N–C) groups is 1. The summed E-state index contributed by atoms with van der Waals surface area (Å²) in [6.45, 7) is 0. The Morgan fingerprint density at radius 2 is 1.56 bits per heavy atom. The van der Waals surface area contributed by atoms with E-state index in [1.165, 1.54) is 26.4 Å². The predicted octanol–water partition coefficient (Wildman–Crippen LogP) is 5.58. The molecule has 0 spiro atoms. The minimum Gasteiger partial charge on any atom is -0.493 e. The van der Waals surface area contributed by atoms with Crippen molar-refractivity contribution in [3.63, 3.8) is 0 Å². The molecule has 0 aliphatic carbocycles. The number of amides is 1. The Morgan fingerprint density at radius 3 is 2.16 bits per heavy atom. The van der Waals surface area contributed by atoms with Crippen LogP contribution in [0.3, 0.4) is 0 Å². The fourth-order valence-electron chi connectivity index (χ4n) is 3.63. The van der Waals surface area contributed by atoms with Gasteiger partial charge < -0.3 is 14.8 Å². The van der Waals surface area contributed by atoms with E-state index in [1.807, 2.05) is 6.07 Å². The van der Waals surface area contributed by atoms with Gasteiger partial charge in [-0.05, 0) is 41.5 Å². The predicted molar refractivity (Wildman–Crippen MR) is 115 cm³/mol. The van der Waals surface area contributed by atoms with E-state index in [9.17, 15) is 18.0 Å². The van der Waals surface area contributed by atoms with Gasteiger partial charge in [0.15, 0.2) is 11.5 Å². The number of rotatable bonds is 5. The lowest BCUT2D eigenvalue weighted by molar-refractivity contribution is -0.137. The topological polar surface area (TPSA) is 59.9 Å². The lowest BCUT2D eigenvalue weighted by Crippen LogP contribution is -2.22. The van der Waals surface area contributed by atoms with E-state index in [1.54, 1.807) is 36.4 Å². The van der Waals surface area contributed by atoms with E-state index in [2.05, 4.69) is 10.3 Å². The highest BCUT2D eigenvalue weighted by atomic mass is 19.4. The average molecular weight is 440 g/mol. The third kappa shape index (κ3) is 4.03. The quantitative estimate of drug-likeness (QED) is 0.527. The van der Waals surface area contributed by atoms with Gasteiger partial charge in [-0.25, -0.2) is 0 Å². The molecule has 1 aliphatic heterocycles. The first kappa shape index (κ1) is 21.4. The van der Waals surface area contributed by atoms with Gasteiger partial charge in [0, 0.05) is 11.8 Å². The van der Waals surface area contributed by atoms with Crippen LogP contribution in [0.5, 0.6) is 11.5 Å². The van der Waals surface area contributed by atoms with E-state index >= 15 is 0 Å². The van der Waals surface area contributed by atoms with Crippen LogP contribution in [0.15, 0.2) is 71.7 Å². The van der Waals surface area contributed by atoms with Crippen LogP contribution in [-0.2, 0) is 11.0 Å². The number of nitrogens with one attached hydrogen (secondary N) is 1. The minimum atomic E-state index is -4.44. The van der Waals surface area contributed by atoms with Gasteiger partial charge in [0.05, 0.1) is 31.2 Å². The maximum Gasteiger partial charge on any atom is 0.416 e. The zero-order valence-corrected chi connectivity index (χ0v) is 17.2. The van der Waals surface area contributed by atoms with E-state index in [0.29, 0.717) is 39.7 Å². The summed E-state index contributed by atoms with van der Waals surface area (Å²) in [7, 11) is 3.00. The highest BCUT2D eigenvalue weighted by Crippen LogP contribution is 2.43. The normalized spacial score (nSPS) is 15.8. The molecule has 32 heavy (non-hydrogen) atoms. The first-order valence-electron chi connectivity index (χ1n) is 9.70. The number of hydrogen-bond donors (Lipinski definition) is 1. The molecule has 1 atom stereocenters. The molecule has 0 fully saturated rings. The minimum absolute atomic E-state index is 0.301. The number of ether oxygens (including phenoxy) is 2. The molecule has 0 saturated carbocycles. The third-order valence-electron chi connectivity index (χ3n) is 5.17. The van der Waals surface area contributed by atoms with Crippen LogP contribution < -0.4 is 14.8 Å². The van der Waals surface area contributed by atoms with Crippen LogP contribution in [-0.4, -0.2) is 25.8 Å². The SMILES string of the molecule is COc1cc2c(cc1OC)C(C(=Nc1ccc(C(F)(F)F)cc1)c1ccccc1)C(=O)N2. The number of benzene rings is 3. The van der Waals surface area contributed by atoms with E-state index in [-0.39, 0.29) is 5.91 Å². The number of hydrogen-bond acceptors (Lipinski definition) is 4. The lowest BCUT2D eigenvalue weighted by Gasteiger charge is -2.15. The van der Waals surface area contributed by atoms with Crippen molar-refractivity contribution < 1.29 is 27.4 Å². The first-order chi connectivity index (χ1) is 15.3. The Hall–Kier alpha value is -3.81. The van der Waals surface area contributed by atoms with Crippen molar-refractivity contribution >= 4 is 23.0 Å². The van der Waals surface area contributed by atoms with Crippen LogP contribution in [0.1, 0.15) is 22.6 Å². The molecular weight excluding hydrogens is 421 g/mol. The van der Waals surface area contributed by atoms with Crippen LogP contribution in [0.2, 0.25) is 0 Å². The molecule has 1 aliphatic rings. The number of carbonyl (C=O) groups excluding carboxylic acids is 1. The fourth-order valence-corrected chi connectivity index (χ4v) is 3.63. The van der Waals surface area contributed by atoms with Gasteiger partial charge in [-0.3, -0.25) is 9.79 Å². The lowest BCUT2D eigenvalue weighted by atomic mass is 9.90. The maximum atomic E-state index is 13.0. The highest BCUT2D eigenvalue weighted by Gasteiger charge is 2.37. The van der Waals surface area contributed by atoms with Crippen LogP contribution >= 0.6 is 0 Å². The molecule has 164 valence electrons. The van der Waals surface area contributed by atoms with Gasteiger partial charge in [0.25, 0.3) is 0 Å². The molecule has 1 heterocycles. The molecule has 0 radical (unpaired) electrons. The van der Waals surface area contributed by atoms with Gasteiger partial charge in [0.1, 0.15) is 5.92 Å². The van der Waals surface area contributed by atoms with Crippen molar-refractivity contribution in [3.05, 3.63) is 83.4 Å². The molecule has 1 amide bonds. The summed E-state index contributed by atoms with van der Waals surface area (Å²) in [5.41, 5.74) is 1.83. The molecule has 4 rings (SSSR count). The highest BCUT2D eigenvalue weighted by molar-refractivity contribution is 6.24. The number of carbonyl (C=O) groups is 1. The summed E-state index contributed by atoms with van der Waals surface area (Å²) in [6.07, 6.45) is -4.44. The second kappa shape index (κ2) is 8.37. The Morgan fingerprint density at radius 1 is 0.938 bits per heavy atom. The summed E-state index contributed by atoms with van der Waals surface area (Å²) in [5, 5.41) is 2.83. The van der Waals surface area contributed by atoms with Gasteiger partial charge in [-0.1, -0.05) is 30.3 Å². The average Bonchev–Trinajstić information content (AvgIpc) is 3.11. The molecule has 5 nitrogen and oxygen atoms in total. The Bertz CT molecular complexity index is 1170. The second-order valence-corrected chi connectivity index (χ2v) is 7.12. The van der Waals surface area contributed by atoms with Crippen molar-refractivity contribution in [1.29, 1.82) is 0 Å². The Balaban J connectivity index is 1.85. The second-order valence-electron chi connectivity index (χ2n) is 7.12. The summed E-state index contributed by atoms with van der Waals surface area (Å²) in [4.78, 5) is 17.6. The van der Waals surface area contributed by atoms with E-state index in [4.69, 9.17) is 9.47 Å². The molecule has 0 aromatic heterocycles. The summed E-state index contributed by atoms with van der Waals surface area (Å²) in [5.74, 6) is -0.165. The first-order valence-corrected chi connectivity index (χ1v) is 9.70. The Labute approximate surface area is 182 Å². The molecule has 0 saturated heterocycles. The van der Waals surface area contributed by atoms with E-state index in [0.717, 1.165) is 12.1 Å². The van der Waals surface area contributed by atoms with Crippen molar-refractivity contribution in [2.75, 3.05) is 19.5 Å². The van der Waals surface area contributed by atoms with Gasteiger partial charge >= 0.3 is 6.18 Å². The molecular formula is C24H19F3N2O3. The largest absolute Gasteiger partial charge is 0.493 e. The van der Waals surface area contributed by atoms with Gasteiger partial charge in [-0.2, -0.15) is 13.2 Å². The van der Waals surface area contributed by atoms with Crippen LogP contribution in [0.25, 0.3) is 0 Å². The van der Waals surface area contributed by atoms with Gasteiger partial charge in [0.2, 0.25) is 5.91 Å². The number of methoxy groups -OCH3 is 2. The number of fused-ring (bicyclic) bond motifs is 1. The number of anilines is 1. The monoisotopic (exact) mass is 440 g/mol. The zero-order chi connectivity index (χ0) is 22.9. The molecule has 8 heteroatoms. The molecule has 3 aromatic rings. The smallest absolute Gasteiger partial charge is 0.416 e. The molecule has 1 N–H and O–H groups in total. The van der Waals surface area contributed by atoms with Crippen LogP contribution in [0.4, 0.5) is 24.5 Å². The zero-order valence-electron chi connectivity index (χ0n) is 17.2. The number of nitrogens with zero attached hydrogens (tertiary/aromatic N) is 1. The Kier molecular flexibility index (Phi) is 5.61. The molecule has 0 bridgehead atoms. The van der Waals surface area contributed by atoms with Crippen molar-refractivity contribution in [2.45, 2.75) is 12.1 Å². The molecule has 1 unspecified atom stereocenters. The standard InChI is InChI=1S/C24H19F3N2O3/c1-31-19-12-17-18(13-20(19)32-2)29-23(30)21(17)22(14-6-4-3-5-7-14)28-16-10-8-15(9-11-16)24(25,26)27/h3-13,21H,1-2H3,(H,29,30). The number of alkyl halides is 3. The van der Waals surface area contributed by atoms with Crippen molar-refractivity contribution in [1.82, 2.24) is 0 Å². The van der Waals surface area contributed by atoms with Crippen LogP contribution in [0, 0.1) is 0 Å². The van der Waals surface area contributed by atoms with Gasteiger partial charge in [-0.15, -0.1) is 0 Å². The number of halogens is 3. The van der Waals surface area contributed by atoms with Crippen molar-refractivity contribution in [2.24, 2.45) is 4.99 Å². The fraction of sp³-hybridized carbons (Fsp3) is 0.167. The van der Waals surface area contributed by atoms with E-state index < -0.39 is 17.7 Å². The summed E-state index contributed by atoms with van der Waals surface area (Å²) < 4.78 is 49.5. The van der Waals surface area contributed by atoms with Crippen molar-refractivity contribution in [3.8, 4) is 11.5 Å².